The molecule has 0 radical (unpaired) electrons. The first kappa shape index (κ1) is 41.4. The van der Waals surface area contributed by atoms with Crippen molar-refractivity contribution in [2.24, 2.45) is 5.92 Å². The van der Waals surface area contributed by atoms with Gasteiger partial charge in [-0.1, -0.05) is 174 Å². The summed E-state index contributed by atoms with van der Waals surface area (Å²) < 4.78 is 37.3. The van der Waals surface area contributed by atoms with E-state index in [-0.39, 0.29) is 63.9 Å². The van der Waals surface area contributed by atoms with E-state index in [9.17, 15) is 13.0 Å². The number of hydrogen-bond donors (Lipinski definition) is 0. The van der Waals surface area contributed by atoms with E-state index in [2.05, 4.69) is 30.2 Å². The van der Waals surface area contributed by atoms with Crippen LogP contribution in [0.3, 0.4) is 0 Å². The summed E-state index contributed by atoms with van der Waals surface area (Å²) in [4.78, 5) is 0. The number of unbranched alkanes of at least 4 members (excludes halogenated alkanes) is 23. The summed E-state index contributed by atoms with van der Waals surface area (Å²) in [6.45, 7) is 4.52. The average molecular weight is 583 g/mol. The minimum atomic E-state index is -4.62. The smallest absolute Gasteiger partial charge is 0.726 e. The molecule has 0 aliphatic rings. The van der Waals surface area contributed by atoms with Crippen molar-refractivity contribution in [2.45, 2.75) is 181 Å². The van der Waals surface area contributed by atoms with Crippen LogP contribution in [-0.2, 0) is 14.6 Å². The van der Waals surface area contributed by atoms with Crippen LogP contribution in [0.1, 0.15) is 181 Å². The molecule has 0 aliphatic heterocycles. The summed E-state index contributed by atoms with van der Waals surface area (Å²) >= 11 is 0. The third-order valence-electron chi connectivity index (χ3n) is 7.49. The fourth-order valence-electron chi connectivity index (χ4n) is 5.05. The second kappa shape index (κ2) is 32.8. The van der Waals surface area contributed by atoms with E-state index >= 15 is 0 Å². The first-order valence-corrected chi connectivity index (χ1v) is 17.6. The van der Waals surface area contributed by atoms with Crippen LogP contribution in [0.4, 0.5) is 0 Å². The van der Waals surface area contributed by atoms with Gasteiger partial charge in [0, 0.05) is 5.92 Å². The van der Waals surface area contributed by atoms with E-state index in [0.29, 0.717) is 0 Å². The molecule has 0 saturated heterocycles. The zero-order valence-electron chi connectivity index (χ0n) is 25.9. The van der Waals surface area contributed by atoms with Crippen molar-refractivity contribution in [3.8, 4) is 0 Å². The van der Waals surface area contributed by atoms with E-state index in [1.807, 2.05) is 0 Å². The monoisotopic (exact) mass is 582 g/mol. The maximum Gasteiger partial charge on any atom is 1.00 e. The second-order valence-corrected chi connectivity index (χ2v) is 12.3. The molecule has 0 amide bonds. The molecule has 0 aromatic carbocycles. The molecule has 0 fully saturated rings. The maximum absolute atomic E-state index is 10.9. The van der Waals surface area contributed by atoms with E-state index in [4.69, 9.17) is 0 Å². The third-order valence-corrected chi connectivity index (χ3v) is 7.91. The first-order chi connectivity index (χ1) is 18.0. The average Bonchev–Trinajstić information content (AvgIpc) is 2.87. The molecular formula is C32H63KO4S. The molecule has 0 aromatic rings. The normalized spacial score (nSPS) is 12.7. The van der Waals surface area contributed by atoms with Crippen molar-refractivity contribution >= 4 is 10.4 Å². The molecule has 222 valence electrons. The van der Waals surface area contributed by atoms with Crippen molar-refractivity contribution in [1.29, 1.82) is 0 Å². The fraction of sp³-hybridized carbons (Fsp3) is 0.938. The van der Waals surface area contributed by atoms with Crippen LogP contribution < -0.4 is 51.4 Å². The standard InChI is InChI=1S/C32H64O4S.K/c1-3-5-7-9-11-13-15-17-19-21-23-25-27-29-32(31-36-37(33,34)35)30-28-26-24-22-20-18-16-14-12-10-8-6-4-2;/h27,29,32H,3-26,28,30-31H2,1-2H3,(H,33,34,35);/q;+1/p-1/b29-27+;. The Bertz CT molecular complexity index is 580. The predicted octanol–water partition coefficient (Wildman–Crippen LogP) is 7.82. The van der Waals surface area contributed by atoms with Gasteiger partial charge in [-0.2, -0.15) is 0 Å². The van der Waals surface area contributed by atoms with Gasteiger partial charge in [-0.3, -0.25) is 4.18 Å². The van der Waals surface area contributed by atoms with Gasteiger partial charge >= 0.3 is 51.4 Å². The van der Waals surface area contributed by atoms with Gasteiger partial charge in [0.25, 0.3) is 0 Å². The van der Waals surface area contributed by atoms with E-state index in [1.165, 1.54) is 148 Å². The molecule has 0 spiro atoms. The molecule has 6 heteroatoms. The molecule has 0 N–H and O–H groups in total. The summed E-state index contributed by atoms with van der Waals surface area (Å²) in [7, 11) is -4.62. The molecule has 0 aliphatic carbocycles. The summed E-state index contributed by atoms with van der Waals surface area (Å²) in [5, 5.41) is 0. The molecule has 0 saturated carbocycles. The molecule has 0 heterocycles. The van der Waals surface area contributed by atoms with Crippen molar-refractivity contribution in [3.05, 3.63) is 12.2 Å². The molecule has 0 rings (SSSR count). The summed E-state index contributed by atoms with van der Waals surface area (Å²) in [5.41, 5.74) is 0. The summed E-state index contributed by atoms with van der Waals surface area (Å²) in [6, 6.07) is 0. The Kier molecular flexibility index (Phi) is 35.7. The number of rotatable bonds is 30. The first-order valence-electron chi connectivity index (χ1n) is 16.3. The Balaban J connectivity index is 0. The Morgan fingerprint density at radius 2 is 0.921 bits per heavy atom. The molecule has 0 bridgehead atoms. The van der Waals surface area contributed by atoms with Crippen LogP contribution >= 0.6 is 0 Å². The van der Waals surface area contributed by atoms with Gasteiger partial charge in [-0.25, -0.2) is 8.42 Å². The fourth-order valence-corrected chi connectivity index (χ4v) is 5.39. The van der Waals surface area contributed by atoms with Crippen LogP contribution in [0.5, 0.6) is 0 Å². The SMILES string of the molecule is CCCCCCCCCCCCC/C=C/C(CCCCCCCCCCCCCCC)COS(=O)(=O)[O-].[K+]. The van der Waals surface area contributed by atoms with Gasteiger partial charge < -0.3 is 4.55 Å². The summed E-state index contributed by atoms with van der Waals surface area (Å²) in [6.07, 6.45) is 38.0. The molecule has 1 atom stereocenters. The molecule has 1 unspecified atom stereocenters. The van der Waals surface area contributed by atoms with Crippen LogP contribution in [-0.4, -0.2) is 19.6 Å². The Morgan fingerprint density at radius 1 is 0.579 bits per heavy atom. The third kappa shape index (κ3) is 35.3. The minimum absolute atomic E-state index is 0. The second-order valence-electron chi connectivity index (χ2n) is 11.2. The van der Waals surface area contributed by atoms with Crippen molar-refractivity contribution in [2.75, 3.05) is 6.61 Å². The van der Waals surface area contributed by atoms with Crippen molar-refractivity contribution in [3.63, 3.8) is 0 Å². The Morgan fingerprint density at radius 3 is 1.29 bits per heavy atom. The van der Waals surface area contributed by atoms with Gasteiger partial charge in [0.1, 0.15) is 0 Å². The zero-order chi connectivity index (χ0) is 27.3. The van der Waals surface area contributed by atoms with E-state index in [1.54, 1.807) is 0 Å². The molecule has 38 heavy (non-hydrogen) atoms. The van der Waals surface area contributed by atoms with Crippen molar-refractivity contribution < 1.29 is 68.5 Å². The van der Waals surface area contributed by atoms with Crippen LogP contribution in [0.15, 0.2) is 12.2 Å². The minimum Gasteiger partial charge on any atom is -0.726 e. The van der Waals surface area contributed by atoms with E-state index in [0.717, 1.165) is 19.3 Å². The zero-order valence-corrected chi connectivity index (χ0v) is 29.8. The van der Waals surface area contributed by atoms with Crippen LogP contribution in [0, 0.1) is 5.92 Å². The molecule has 4 nitrogen and oxygen atoms in total. The summed E-state index contributed by atoms with van der Waals surface area (Å²) in [5.74, 6) is 0.0177. The van der Waals surface area contributed by atoms with Gasteiger partial charge in [-0.05, 0) is 19.3 Å². The largest absolute Gasteiger partial charge is 1.00 e. The van der Waals surface area contributed by atoms with Crippen molar-refractivity contribution in [1.82, 2.24) is 0 Å². The van der Waals surface area contributed by atoms with Gasteiger partial charge in [-0.15, -0.1) is 0 Å². The van der Waals surface area contributed by atoms with Gasteiger partial charge in [0.05, 0.1) is 6.61 Å². The Labute approximate surface area is 281 Å². The molecule has 0 aromatic heterocycles. The van der Waals surface area contributed by atoms with Gasteiger partial charge in [0.2, 0.25) is 10.4 Å². The van der Waals surface area contributed by atoms with Gasteiger partial charge in [0.15, 0.2) is 0 Å². The molecular weight excluding hydrogens is 520 g/mol. The maximum atomic E-state index is 10.9. The van der Waals surface area contributed by atoms with Crippen LogP contribution in [0.2, 0.25) is 0 Å². The van der Waals surface area contributed by atoms with Crippen LogP contribution in [0.25, 0.3) is 0 Å². The Hall–Kier alpha value is 1.25. The number of hydrogen-bond acceptors (Lipinski definition) is 4. The van der Waals surface area contributed by atoms with E-state index < -0.39 is 10.4 Å². The topological polar surface area (TPSA) is 66.4 Å². The number of allylic oxidation sites excluding steroid dienone is 1. The predicted molar refractivity (Wildman–Crippen MR) is 160 cm³/mol. The quantitative estimate of drug-likeness (QED) is 0.0285.